The molecule has 1 aromatic carbocycles. The third kappa shape index (κ3) is 3.59. The molecule has 1 aromatic rings. The average molecular weight is 365 g/mol. The van der Waals surface area contributed by atoms with Gasteiger partial charge in [0.05, 0.1) is 0 Å². The van der Waals surface area contributed by atoms with E-state index in [0.717, 1.165) is 11.0 Å². The van der Waals surface area contributed by atoms with Crippen molar-refractivity contribution in [1.82, 2.24) is 4.90 Å². The van der Waals surface area contributed by atoms with Crippen LogP contribution in [-0.4, -0.2) is 41.1 Å². The van der Waals surface area contributed by atoms with Gasteiger partial charge in [-0.25, -0.2) is 8.78 Å². The van der Waals surface area contributed by atoms with Crippen molar-refractivity contribution in [3.8, 4) is 0 Å². The molecule has 1 fully saturated rings. The molecule has 0 bridgehead atoms. The summed E-state index contributed by atoms with van der Waals surface area (Å²) in [6.45, 7) is 0.172. The van der Waals surface area contributed by atoms with E-state index < -0.39 is 54.0 Å². The highest BCUT2D eigenvalue weighted by molar-refractivity contribution is 5.81. The maximum Gasteiger partial charge on any atom is 0.406 e. The van der Waals surface area contributed by atoms with Crippen LogP contribution in [0.2, 0.25) is 0 Å². The number of halogens is 5. The molecular weight excluding hydrogens is 349 g/mol. The Balaban J connectivity index is 2.11. The van der Waals surface area contributed by atoms with Crippen LogP contribution in [-0.2, 0) is 9.59 Å². The second kappa shape index (κ2) is 6.61. The maximum absolute atomic E-state index is 13.7. The molecule has 1 saturated heterocycles. The molecule has 1 amide bonds. The van der Waals surface area contributed by atoms with Crippen molar-refractivity contribution in [2.24, 2.45) is 5.41 Å². The molecule has 1 aliphatic heterocycles. The number of carbonyl (C=O) groups excluding carboxylic acids is 1. The molecule has 1 N–H and O–H groups in total. The fourth-order valence-electron chi connectivity index (χ4n) is 2.95. The highest BCUT2D eigenvalue weighted by Gasteiger charge is 2.64. The normalized spacial score (nSPS) is 22.1. The maximum atomic E-state index is 13.7. The summed E-state index contributed by atoms with van der Waals surface area (Å²) in [5.74, 6) is -5.05. The zero-order valence-corrected chi connectivity index (χ0v) is 13.2. The summed E-state index contributed by atoms with van der Waals surface area (Å²) in [6, 6.07) is 2.85. The van der Waals surface area contributed by atoms with Gasteiger partial charge in [0.1, 0.15) is 11.6 Å². The van der Waals surface area contributed by atoms with E-state index in [-0.39, 0.29) is 18.5 Å². The standard InChI is InChI=1S/C16H16F5NO3/c1-9(11-3-2-10(17)7-12(11)18)6-13(23)22-5-4-15(8-22,14(24)25)16(19,20)21/h2-3,7,9H,4-6,8H2,1H3,(H,24,25). The summed E-state index contributed by atoms with van der Waals surface area (Å²) in [6.07, 6.45) is -6.02. The van der Waals surface area contributed by atoms with Crippen LogP contribution in [0, 0.1) is 17.0 Å². The van der Waals surface area contributed by atoms with Crippen molar-refractivity contribution in [1.29, 1.82) is 0 Å². The lowest BCUT2D eigenvalue weighted by Gasteiger charge is -2.27. The Bertz CT molecular complexity index is 691. The van der Waals surface area contributed by atoms with Crippen molar-refractivity contribution >= 4 is 11.9 Å². The van der Waals surface area contributed by atoms with Gasteiger partial charge in [-0.3, -0.25) is 9.59 Å². The number of hydrogen-bond acceptors (Lipinski definition) is 2. The summed E-state index contributed by atoms with van der Waals surface area (Å²) in [5, 5.41) is 8.98. The van der Waals surface area contributed by atoms with Gasteiger partial charge < -0.3 is 10.0 Å². The topological polar surface area (TPSA) is 57.6 Å². The van der Waals surface area contributed by atoms with Crippen LogP contribution in [0.1, 0.15) is 31.2 Å². The second-order valence-electron chi connectivity index (χ2n) is 6.22. The Morgan fingerprint density at radius 3 is 2.44 bits per heavy atom. The number of aliphatic carboxylic acids is 1. The fourth-order valence-corrected chi connectivity index (χ4v) is 2.95. The third-order valence-electron chi connectivity index (χ3n) is 4.55. The highest BCUT2D eigenvalue weighted by Crippen LogP contribution is 2.46. The number of carbonyl (C=O) groups is 2. The minimum absolute atomic E-state index is 0.0641. The van der Waals surface area contributed by atoms with E-state index >= 15 is 0 Å². The van der Waals surface area contributed by atoms with Crippen LogP contribution < -0.4 is 0 Å². The molecule has 138 valence electrons. The summed E-state index contributed by atoms with van der Waals surface area (Å²) in [7, 11) is 0. The molecule has 0 aromatic heterocycles. The lowest BCUT2D eigenvalue weighted by atomic mass is 9.86. The lowest BCUT2D eigenvalue weighted by molar-refractivity contribution is -0.227. The summed E-state index contributed by atoms with van der Waals surface area (Å²) in [5.41, 5.74) is -2.92. The minimum atomic E-state index is -4.98. The molecule has 0 aliphatic carbocycles. The van der Waals surface area contributed by atoms with E-state index in [2.05, 4.69) is 0 Å². The monoisotopic (exact) mass is 365 g/mol. The number of amides is 1. The zero-order valence-electron chi connectivity index (χ0n) is 13.2. The van der Waals surface area contributed by atoms with Crippen LogP contribution in [0.3, 0.4) is 0 Å². The first-order chi connectivity index (χ1) is 11.5. The van der Waals surface area contributed by atoms with E-state index in [1.165, 1.54) is 13.0 Å². The van der Waals surface area contributed by atoms with Crippen LogP contribution in [0.4, 0.5) is 22.0 Å². The molecule has 9 heteroatoms. The number of nitrogens with zero attached hydrogens (tertiary/aromatic N) is 1. The van der Waals surface area contributed by atoms with Gasteiger partial charge in [0.25, 0.3) is 0 Å². The lowest BCUT2D eigenvalue weighted by Crippen LogP contribution is -2.47. The number of benzene rings is 1. The SMILES string of the molecule is CC(CC(=O)N1CCC(C(=O)O)(C(F)(F)F)C1)c1ccc(F)cc1F. The van der Waals surface area contributed by atoms with E-state index in [9.17, 15) is 31.5 Å². The van der Waals surface area contributed by atoms with Crippen molar-refractivity contribution in [3.05, 3.63) is 35.4 Å². The van der Waals surface area contributed by atoms with E-state index in [1.54, 1.807) is 0 Å². The molecule has 4 nitrogen and oxygen atoms in total. The smallest absolute Gasteiger partial charge is 0.406 e. The molecule has 25 heavy (non-hydrogen) atoms. The van der Waals surface area contributed by atoms with Crippen LogP contribution in [0.15, 0.2) is 18.2 Å². The Labute approximate surface area is 140 Å². The molecule has 0 radical (unpaired) electrons. The van der Waals surface area contributed by atoms with Gasteiger partial charge in [0, 0.05) is 25.6 Å². The number of rotatable bonds is 4. The Morgan fingerprint density at radius 1 is 1.32 bits per heavy atom. The molecule has 2 unspecified atom stereocenters. The fraction of sp³-hybridized carbons (Fsp3) is 0.500. The van der Waals surface area contributed by atoms with Crippen molar-refractivity contribution in [3.63, 3.8) is 0 Å². The number of carboxylic acids is 1. The molecular formula is C16H16F5NO3. The third-order valence-corrected chi connectivity index (χ3v) is 4.55. The number of alkyl halides is 3. The van der Waals surface area contributed by atoms with Gasteiger partial charge in [-0.15, -0.1) is 0 Å². The van der Waals surface area contributed by atoms with Gasteiger partial charge in [-0.2, -0.15) is 13.2 Å². The van der Waals surface area contributed by atoms with Crippen molar-refractivity contribution < 1.29 is 36.6 Å². The van der Waals surface area contributed by atoms with Crippen molar-refractivity contribution in [2.45, 2.75) is 31.9 Å². The minimum Gasteiger partial charge on any atom is -0.481 e. The first-order valence-corrected chi connectivity index (χ1v) is 7.51. The Kier molecular flexibility index (Phi) is 5.06. The first kappa shape index (κ1) is 19.1. The number of hydrogen-bond donors (Lipinski definition) is 1. The molecule has 1 aliphatic rings. The second-order valence-corrected chi connectivity index (χ2v) is 6.22. The van der Waals surface area contributed by atoms with Crippen LogP contribution in [0.25, 0.3) is 0 Å². The summed E-state index contributed by atoms with van der Waals surface area (Å²) in [4.78, 5) is 24.2. The van der Waals surface area contributed by atoms with E-state index in [0.29, 0.717) is 6.07 Å². The van der Waals surface area contributed by atoms with Gasteiger partial charge in [0.15, 0.2) is 5.41 Å². The number of likely N-dealkylation sites (tertiary alicyclic amines) is 1. The predicted octanol–water partition coefficient (Wildman–Crippen LogP) is 3.32. The van der Waals surface area contributed by atoms with Crippen LogP contribution >= 0.6 is 0 Å². The Morgan fingerprint density at radius 2 is 1.96 bits per heavy atom. The molecule has 1 heterocycles. The molecule has 0 spiro atoms. The van der Waals surface area contributed by atoms with Crippen molar-refractivity contribution in [2.75, 3.05) is 13.1 Å². The quantitative estimate of drug-likeness (QED) is 0.833. The van der Waals surface area contributed by atoms with Crippen LogP contribution in [0.5, 0.6) is 0 Å². The van der Waals surface area contributed by atoms with E-state index in [4.69, 9.17) is 5.11 Å². The largest absolute Gasteiger partial charge is 0.481 e. The predicted molar refractivity (Wildman–Crippen MR) is 76.7 cm³/mol. The van der Waals surface area contributed by atoms with Gasteiger partial charge in [-0.05, 0) is 24.0 Å². The average Bonchev–Trinajstić information content (AvgIpc) is 2.93. The van der Waals surface area contributed by atoms with Gasteiger partial charge in [-0.1, -0.05) is 13.0 Å². The van der Waals surface area contributed by atoms with Gasteiger partial charge in [0.2, 0.25) is 5.91 Å². The molecule has 0 saturated carbocycles. The van der Waals surface area contributed by atoms with E-state index in [1.807, 2.05) is 0 Å². The first-order valence-electron chi connectivity index (χ1n) is 7.51. The number of carboxylic acid groups (broad SMARTS) is 1. The molecule has 2 atom stereocenters. The molecule has 2 rings (SSSR count). The zero-order chi connectivity index (χ0) is 19.0. The summed E-state index contributed by atoms with van der Waals surface area (Å²) >= 11 is 0. The summed E-state index contributed by atoms with van der Waals surface area (Å²) < 4.78 is 66.0. The van der Waals surface area contributed by atoms with Gasteiger partial charge >= 0.3 is 12.1 Å². The Hall–Kier alpha value is -2.19. The highest BCUT2D eigenvalue weighted by atomic mass is 19.4.